The van der Waals surface area contributed by atoms with Crippen LogP contribution in [0.4, 0.5) is 0 Å². The van der Waals surface area contributed by atoms with Crippen molar-refractivity contribution < 1.29 is 0 Å². The molecule has 0 radical (unpaired) electrons. The third kappa shape index (κ3) is 2.32. The Hall–Kier alpha value is -0.860. The van der Waals surface area contributed by atoms with Crippen LogP contribution in [-0.4, -0.2) is 0 Å². The van der Waals surface area contributed by atoms with Gasteiger partial charge in [-0.25, -0.2) is 0 Å². The summed E-state index contributed by atoms with van der Waals surface area (Å²) >= 11 is 0. The van der Waals surface area contributed by atoms with Gasteiger partial charge in [-0.15, -0.1) is 0 Å². The summed E-state index contributed by atoms with van der Waals surface area (Å²) in [4.78, 5) is 0. The first-order valence-corrected chi connectivity index (χ1v) is 4.34. The molecule has 2 nitrogen and oxygen atoms in total. The number of hydrogen-bond donors (Lipinski definition) is 2. The van der Waals surface area contributed by atoms with Crippen LogP contribution in [-0.2, 0) is 6.42 Å². The van der Waals surface area contributed by atoms with Crippen molar-refractivity contribution in [1.29, 1.82) is 0 Å². The molecule has 0 saturated carbocycles. The summed E-state index contributed by atoms with van der Waals surface area (Å²) in [5.74, 6) is 0. The molecular formula is C10H16N2. The van der Waals surface area contributed by atoms with Gasteiger partial charge in [0.2, 0.25) is 0 Å². The number of benzene rings is 1. The summed E-state index contributed by atoms with van der Waals surface area (Å²) in [6.07, 6.45) is 1.95. The Balaban J connectivity index is 2.71. The minimum atomic E-state index is -0.347. The Kier molecular flexibility index (Phi) is 3.26. The molecule has 0 aromatic heterocycles. The molecule has 0 bridgehead atoms. The molecule has 66 valence electrons. The van der Waals surface area contributed by atoms with Gasteiger partial charge in [-0.3, -0.25) is 0 Å². The van der Waals surface area contributed by atoms with E-state index < -0.39 is 0 Å². The predicted molar refractivity (Wildman–Crippen MR) is 51.6 cm³/mol. The summed E-state index contributed by atoms with van der Waals surface area (Å²) in [6, 6.07) is 8.17. The summed E-state index contributed by atoms with van der Waals surface area (Å²) in [7, 11) is 0. The minimum Gasteiger partial charge on any atom is -0.312 e. The lowest BCUT2D eigenvalue weighted by atomic mass is 10.1. The Labute approximate surface area is 73.6 Å². The fourth-order valence-corrected chi connectivity index (χ4v) is 1.20. The van der Waals surface area contributed by atoms with Crippen molar-refractivity contribution in [3.63, 3.8) is 0 Å². The zero-order valence-electron chi connectivity index (χ0n) is 7.46. The van der Waals surface area contributed by atoms with E-state index in [2.05, 4.69) is 19.1 Å². The van der Waals surface area contributed by atoms with Gasteiger partial charge in [0.15, 0.2) is 0 Å². The Morgan fingerprint density at radius 2 is 1.75 bits per heavy atom. The standard InChI is InChI=1S/C10H16N2/c1-2-3-8-4-6-9(7-5-8)10(11)12/h4-7,10H,2-3,11-12H2,1H3. The van der Waals surface area contributed by atoms with Crippen molar-refractivity contribution in [3.05, 3.63) is 35.4 Å². The molecule has 0 aliphatic heterocycles. The third-order valence-corrected chi connectivity index (χ3v) is 1.90. The Morgan fingerprint density at radius 1 is 1.17 bits per heavy atom. The summed E-state index contributed by atoms with van der Waals surface area (Å²) in [6.45, 7) is 2.17. The first-order chi connectivity index (χ1) is 5.74. The molecule has 0 saturated heterocycles. The van der Waals surface area contributed by atoms with E-state index in [0.717, 1.165) is 12.0 Å². The van der Waals surface area contributed by atoms with E-state index in [0.29, 0.717) is 0 Å². The largest absolute Gasteiger partial charge is 0.312 e. The fraction of sp³-hybridized carbons (Fsp3) is 0.400. The van der Waals surface area contributed by atoms with Gasteiger partial charge in [0.1, 0.15) is 0 Å². The van der Waals surface area contributed by atoms with Crippen LogP contribution in [0, 0.1) is 0 Å². The summed E-state index contributed by atoms with van der Waals surface area (Å²) in [5.41, 5.74) is 13.4. The van der Waals surface area contributed by atoms with E-state index in [1.165, 1.54) is 12.0 Å². The van der Waals surface area contributed by atoms with Gasteiger partial charge in [0, 0.05) is 0 Å². The average Bonchev–Trinajstić information content (AvgIpc) is 2.06. The van der Waals surface area contributed by atoms with Crippen LogP contribution in [0.2, 0.25) is 0 Å². The normalized spacial score (nSPS) is 10.7. The Bertz CT molecular complexity index is 226. The molecule has 2 heteroatoms. The summed E-state index contributed by atoms with van der Waals surface area (Å²) in [5, 5.41) is 0. The van der Waals surface area contributed by atoms with E-state index in [4.69, 9.17) is 11.5 Å². The van der Waals surface area contributed by atoms with Gasteiger partial charge < -0.3 is 11.5 Å². The highest BCUT2D eigenvalue weighted by Crippen LogP contribution is 2.08. The molecular weight excluding hydrogens is 148 g/mol. The topological polar surface area (TPSA) is 52.0 Å². The van der Waals surface area contributed by atoms with E-state index in [-0.39, 0.29) is 6.17 Å². The van der Waals surface area contributed by atoms with Crippen molar-refractivity contribution >= 4 is 0 Å². The highest BCUT2D eigenvalue weighted by Gasteiger charge is 1.97. The second kappa shape index (κ2) is 4.24. The lowest BCUT2D eigenvalue weighted by Gasteiger charge is -2.05. The maximum atomic E-state index is 5.52. The van der Waals surface area contributed by atoms with Crippen molar-refractivity contribution in [3.8, 4) is 0 Å². The van der Waals surface area contributed by atoms with Crippen molar-refractivity contribution in [2.45, 2.75) is 25.9 Å². The molecule has 0 fully saturated rings. The molecule has 0 amide bonds. The molecule has 1 aromatic carbocycles. The Morgan fingerprint density at radius 3 is 2.17 bits per heavy atom. The highest BCUT2D eigenvalue weighted by atomic mass is 14.8. The van der Waals surface area contributed by atoms with Gasteiger partial charge in [-0.2, -0.15) is 0 Å². The van der Waals surface area contributed by atoms with E-state index >= 15 is 0 Å². The molecule has 0 atom stereocenters. The minimum absolute atomic E-state index is 0.347. The van der Waals surface area contributed by atoms with E-state index in [1.807, 2.05) is 12.1 Å². The van der Waals surface area contributed by atoms with Gasteiger partial charge in [-0.05, 0) is 17.5 Å². The molecule has 0 aliphatic rings. The first-order valence-electron chi connectivity index (χ1n) is 4.34. The number of aryl methyl sites for hydroxylation is 1. The smallest absolute Gasteiger partial charge is 0.0784 e. The average molecular weight is 164 g/mol. The zero-order chi connectivity index (χ0) is 8.97. The second-order valence-electron chi connectivity index (χ2n) is 3.02. The lowest BCUT2D eigenvalue weighted by Crippen LogP contribution is -2.19. The number of rotatable bonds is 3. The number of hydrogen-bond acceptors (Lipinski definition) is 2. The molecule has 0 heterocycles. The zero-order valence-corrected chi connectivity index (χ0v) is 7.46. The molecule has 0 aliphatic carbocycles. The molecule has 12 heavy (non-hydrogen) atoms. The van der Waals surface area contributed by atoms with Crippen LogP contribution in [0.15, 0.2) is 24.3 Å². The van der Waals surface area contributed by atoms with Crippen LogP contribution in [0.1, 0.15) is 30.6 Å². The van der Waals surface area contributed by atoms with Gasteiger partial charge in [0.05, 0.1) is 6.17 Å². The van der Waals surface area contributed by atoms with E-state index in [9.17, 15) is 0 Å². The quantitative estimate of drug-likeness (QED) is 0.666. The highest BCUT2D eigenvalue weighted by molar-refractivity contribution is 5.24. The second-order valence-corrected chi connectivity index (χ2v) is 3.02. The fourth-order valence-electron chi connectivity index (χ4n) is 1.20. The van der Waals surface area contributed by atoms with Crippen LogP contribution < -0.4 is 11.5 Å². The van der Waals surface area contributed by atoms with E-state index in [1.54, 1.807) is 0 Å². The molecule has 1 aromatic rings. The van der Waals surface area contributed by atoms with Crippen LogP contribution in [0.25, 0.3) is 0 Å². The van der Waals surface area contributed by atoms with Gasteiger partial charge in [0.25, 0.3) is 0 Å². The molecule has 1 rings (SSSR count). The lowest BCUT2D eigenvalue weighted by molar-refractivity contribution is 0.772. The molecule has 4 N–H and O–H groups in total. The SMILES string of the molecule is CCCc1ccc(C(N)N)cc1. The summed E-state index contributed by atoms with van der Waals surface area (Å²) < 4.78 is 0. The third-order valence-electron chi connectivity index (χ3n) is 1.90. The van der Waals surface area contributed by atoms with Crippen LogP contribution in [0.3, 0.4) is 0 Å². The van der Waals surface area contributed by atoms with Crippen molar-refractivity contribution in [2.24, 2.45) is 11.5 Å². The van der Waals surface area contributed by atoms with Crippen molar-refractivity contribution in [2.75, 3.05) is 0 Å². The maximum absolute atomic E-state index is 5.52. The van der Waals surface area contributed by atoms with Crippen LogP contribution in [0.5, 0.6) is 0 Å². The van der Waals surface area contributed by atoms with Gasteiger partial charge in [-0.1, -0.05) is 37.6 Å². The first kappa shape index (κ1) is 9.23. The van der Waals surface area contributed by atoms with Crippen molar-refractivity contribution in [1.82, 2.24) is 0 Å². The number of nitrogens with two attached hydrogens (primary N) is 2. The monoisotopic (exact) mass is 164 g/mol. The predicted octanol–water partition coefficient (Wildman–Crippen LogP) is 1.56. The maximum Gasteiger partial charge on any atom is 0.0784 e. The molecule has 0 spiro atoms. The molecule has 0 unspecified atom stereocenters. The van der Waals surface area contributed by atoms with Gasteiger partial charge >= 0.3 is 0 Å². The van der Waals surface area contributed by atoms with Crippen LogP contribution >= 0.6 is 0 Å².